The third-order valence-corrected chi connectivity index (χ3v) is 4.01. The Kier molecular flexibility index (Phi) is 4.31. The summed E-state index contributed by atoms with van der Waals surface area (Å²) in [7, 11) is 2.81. The molecule has 1 heterocycles. The van der Waals surface area contributed by atoms with Crippen molar-refractivity contribution in [2.24, 2.45) is 0 Å². The number of benzene rings is 2. The van der Waals surface area contributed by atoms with E-state index in [0.29, 0.717) is 27.4 Å². The number of methoxy groups -OCH3 is 2. The van der Waals surface area contributed by atoms with Crippen LogP contribution in [0.1, 0.15) is 11.6 Å². The molecule has 0 fully saturated rings. The zero-order valence-corrected chi connectivity index (χ0v) is 13.8. The Morgan fingerprint density at radius 3 is 2.71 bits per heavy atom. The minimum absolute atomic E-state index is 0.425. The second-order valence-electron chi connectivity index (χ2n) is 5.16. The van der Waals surface area contributed by atoms with Crippen molar-refractivity contribution in [3.8, 4) is 5.75 Å². The van der Waals surface area contributed by atoms with Crippen molar-refractivity contribution in [1.29, 1.82) is 0 Å². The number of hydrogen-bond acceptors (Lipinski definition) is 4. The van der Waals surface area contributed by atoms with E-state index in [-0.39, 0.29) is 0 Å². The average molecular weight is 347 g/mol. The lowest BCUT2D eigenvalue weighted by atomic mass is 10.1. The highest BCUT2D eigenvalue weighted by Crippen LogP contribution is 2.27. The molecular weight excluding hydrogens is 332 g/mol. The Balaban J connectivity index is 2.27. The maximum Gasteiger partial charge on any atom is 0.333 e. The predicted octanol–water partition coefficient (Wildman–Crippen LogP) is 2.75. The van der Waals surface area contributed by atoms with E-state index >= 15 is 0 Å². The zero-order valence-electron chi connectivity index (χ0n) is 13.1. The Morgan fingerprint density at radius 2 is 2.00 bits per heavy atom. The zero-order chi connectivity index (χ0) is 17.3. The largest absolute Gasteiger partial charge is 0.497 e. The van der Waals surface area contributed by atoms with Crippen LogP contribution in [0.3, 0.4) is 0 Å². The first kappa shape index (κ1) is 16.1. The molecule has 3 aromatic rings. The van der Waals surface area contributed by atoms with E-state index in [0.717, 1.165) is 0 Å². The number of carbonyl (C=O) groups excluding carboxylic acids is 1. The van der Waals surface area contributed by atoms with Gasteiger partial charge >= 0.3 is 11.7 Å². The normalized spacial score (nSPS) is 12.1. The van der Waals surface area contributed by atoms with Crippen molar-refractivity contribution >= 4 is 28.6 Å². The molecule has 1 aromatic heterocycles. The van der Waals surface area contributed by atoms with Gasteiger partial charge in [0, 0.05) is 5.02 Å². The van der Waals surface area contributed by atoms with E-state index in [1.54, 1.807) is 42.5 Å². The molecule has 7 heteroatoms. The molecule has 1 atom stereocenters. The second kappa shape index (κ2) is 6.41. The first-order chi connectivity index (χ1) is 11.5. The van der Waals surface area contributed by atoms with Crippen molar-refractivity contribution in [3.63, 3.8) is 0 Å². The van der Waals surface area contributed by atoms with Crippen LogP contribution in [0, 0.1) is 0 Å². The number of H-pyrrole nitrogens is 1. The first-order valence-corrected chi connectivity index (χ1v) is 7.54. The molecule has 0 aliphatic carbocycles. The standard InChI is InChI=1S/C17H15ClN2O4/c1-23-12-5-3-4-10(8-12)15(16(21)24-2)20-14-9-11(18)6-7-13(14)19-17(20)22/h3-9,15H,1-2H3,(H,19,22). The SMILES string of the molecule is COC(=O)C(c1cccc(OC)c1)n1c(=O)[nH]c2ccc(Cl)cc21. The van der Waals surface area contributed by atoms with Gasteiger partial charge in [-0.05, 0) is 35.9 Å². The summed E-state index contributed by atoms with van der Waals surface area (Å²) in [5.74, 6) is 0.0126. The summed E-state index contributed by atoms with van der Waals surface area (Å²) in [6, 6.07) is 11.0. The summed E-state index contributed by atoms with van der Waals surface area (Å²) in [6.45, 7) is 0. The fraction of sp³-hybridized carbons (Fsp3) is 0.176. The van der Waals surface area contributed by atoms with Gasteiger partial charge in [-0.15, -0.1) is 0 Å². The molecule has 0 saturated heterocycles. The molecule has 1 N–H and O–H groups in total. The summed E-state index contributed by atoms with van der Waals surface area (Å²) < 4.78 is 11.5. The van der Waals surface area contributed by atoms with Gasteiger partial charge in [0.2, 0.25) is 0 Å². The van der Waals surface area contributed by atoms with E-state index in [9.17, 15) is 9.59 Å². The summed E-state index contributed by atoms with van der Waals surface area (Å²) >= 11 is 6.05. The van der Waals surface area contributed by atoms with Crippen molar-refractivity contribution in [2.45, 2.75) is 6.04 Å². The molecule has 0 aliphatic rings. The summed E-state index contributed by atoms with van der Waals surface area (Å²) in [6.07, 6.45) is 0. The van der Waals surface area contributed by atoms with Crippen molar-refractivity contribution < 1.29 is 14.3 Å². The fourth-order valence-electron chi connectivity index (χ4n) is 2.66. The minimum Gasteiger partial charge on any atom is -0.497 e. The highest BCUT2D eigenvalue weighted by molar-refractivity contribution is 6.31. The number of carbonyl (C=O) groups is 1. The number of esters is 1. The molecule has 0 radical (unpaired) electrons. The van der Waals surface area contributed by atoms with Crippen LogP contribution in [0.2, 0.25) is 5.02 Å². The van der Waals surface area contributed by atoms with E-state index in [4.69, 9.17) is 21.1 Å². The van der Waals surface area contributed by atoms with Crippen LogP contribution < -0.4 is 10.4 Å². The van der Waals surface area contributed by atoms with Gasteiger partial charge < -0.3 is 14.5 Å². The number of ether oxygens (including phenoxy) is 2. The molecule has 3 rings (SSSR count). The van der Waals surface area contributed by atoms with Crippen molar-refractivity contribution in [2.75, 3.05) is 14.2 Å². The molecule has 0 aliphatic heterocycles. The number of nitrogens with one attached hydrogen (secondary N) is 1. The highest BCUT2D eigenvalue weighted by Gasteiger charge is 2.27. The predicted molar refractivity (Wildman–Crippen MR) is 90.7 cm³/mol. The Labute approximate surface area is 142 Å². The topological polar surface area (TPSA) is 73.3 Å². The van der Waals surface area contributed by atoms with E-state index in [2.05, 4.69) is 4.98 Å². The van der Waals surface area contributed by atoms with E-state index in [1.165, 1.54) is 18.8 Å². The van der Waals surface area contributed by atoms with Crippen LogP contribution in [0.15, 0.2) is 47.3 Å². The number of rotatable bonds is 4. The molecule has 124 valence electrons. The number of halogens is 1. The van der Waals surface area contributed by atoms with Gasteiger partial charge in [0.25, 0.3) is 0 Å². The monoisotopic (exact) mass is 346 g/mol. The highest BCUT2D eigenvalue weighted by atomic mass is 35.5. The lowest BCUT2D eigenvalue weighted by molar-refractivity contribution is -0.143. The number of aromatic nitrogens is 2. The molecule has 24 heavy (non-hydrogen) atoms. The Hall–Kier alpha value is -2.73. The van der Waals surface area contributed by atoms with Gasteiger partial charge in [-0.1, -0.05) is 23.7 Å². The molecule has 0 bridgehead atoms. The number of imidazole rings is 1. The van der Waals surface area contributed by atoms with E-state index in [1.807, 2.05) is 0 Å². The van der Waals surface area contributed by atoms with Crippen LogP contribution in [0.4, 0.5) is 0 Å². The van der Waals surface area contributed by atoms with Crippen LogP contribution in [-0.4, -0.2) is 29.7 Å². The summed E-state index contributed by atoms with van der Waals surface area (Å²) in [5, 5.41) is 0.463. The van der Waals surface area contributed by atoms with Crippen LogP contribution in [0.25, 0.3) is 11.0 Å². The fourth-order valence-corrected chi connectivity index (χ4v) is 2.83. The molecule has 2 aromatic carbocycles. The number of fused-ring (bicyclic) bond motifs is 1. The average Bonchev–Trinajstić information content (AvgIpc) is 2.91. The molecule has 0 spiro atoms. The van der Waals surface area contributed by atoms with Gasteiger partial charge in [0.05, 0.1) is 25.3 Å². The molecule has 1 unspecified atom stereocenters. The Morgan fingerprint density at radius 1 is 1.21 bits per heavy atom. The summed E-state index contributed by atoms with van der Waals surface area (Å²) in [5.41, 5.74) is 1.25. The lowest BCUT2D eigenvalue weighted by Gasteiger charge is -2.17. The number of nitrogens with zero attached hydrogens (tertiary/aromatic N) is 1. The summed E-state index contributed by atoms with van der Waals surface area (Å²) in [4.78, 5) is 27.6. The molecule has 0 saturated carbocycles. The molecule has 6 nitrogen and oxygen atoms in total. The van der Waals surface area contributed by atoms with Crippen molar-refractivity contribution in [1.82, 2.24) is 9.55 Å². The first-order valence-electron chi connectivity index (χ1n) is 7.16. The van der Waals surface area contributed by atoms with Gasteiger partial charge in [-0.25, -0.2) is 9.59 Å². The maximum atomic E-state index is 12.5. The quantitative estimate of drug-likeness (QED) is 0.737. The smallest absolute Gasteiger partial charge is 0.333 e. The van der Waals surface area contributed by atoms with Crippen LogP contribution in [-0.2, 0) is 9.53 Å². The number of hydrogen-bond donors (Lipinski definition) is 1. The van der Waals surface area contributed by atoms with E-state index < -0.39 is 17.7 Å². The van der Waals surface area contributed by atoms with Gasteiger partial charge in [-0.2, -0.15) is 0 Å². The third-order valence-electron chi connectivity index (χ3n) is 3.77. The maximum absolute atomic E-state index is 12.5. The van der Waals surface area contributed by atoms with Crippen molar-refractivity contribution in [3.05, 3.63) is 63.5 Å². The van der Waals surface area contributed by atoms with Gasteiger partial charge in [0.15, 0.2) is 6.04 Å². The lowest BCUT2D eigenvalue weighted by Crippen LogP contribution is -2.30. The van der Waals surface area contributed by atoms with Gasteiger partial charge in [0.1, 0.15) is 5.75 Å². The van der Waals surface area contributed by atoms with Crippen LogP contribution in [0.5, 0.6) is 5.75 Å². The minimum atomic E-state index is -0.954. The molecule has 0 amide bonds. The Bertz CT molecular complexity index is 961. The second-order valence-corrected chi connectivity index (χ2v) is 5.60. The third kappa shape index (κ3) is 2.76. The number of aromatic amines is 1. The van der Waals surface area contributed by atoms with Crippen LogP contribution >= 0.6 is 11.6 Å². The van der Waals surface area contributed by atoms with Gasteiger partial charge in [-0.3, -0.25) is 4.57 Å². The molecular formula is C17H15ClN2O4.